The molecular weight excluding hydrogens is 200 g/mol. The molecule has 2 nitrogen and oxygen atoms in total. The number of hydrogen-bond donors (Lipinski definition) is 1. The molecule has 0 aliphatic heterocycles. The minimum absolute atomic E-state index is 0.0572. The number of aliphatic hydroxyl groups excluding tert-OH is 1. The molecule has 1 unspecified atom stereocenters. The summed E-state index contributed by atoms with van der Waals surface area (Å²) in [4.78, 5) is 0. The first kappa shape index (κ1) is 11.5. The van der Waals surface area contributed by atoms with Gasteiger partial charge in [-0.15, -0.1) is 0 Å². The molecule has 2 rings (SSSR count). The third-order valence-corrected chi connectivity index (χ3v) is 3.29. The fourth-order valence-corrected chi connectivity index (χ4v) is 2.02. The normalized spacial score (nSPS) is 17.1. The first-order chi connectivity index (χ1) is 7.79. The molecule has 1 aromatic carbocycles. The third kappa shape index (κ3) is 3.24. The van der Waals surface area contributed by atoms with Gasteiger partial charge in [0.1, 0.15) is 5.75 Å². The molecule has 2 heteroatoms. The van der Waals surface area contributed by atoms with Crippen LogP contribution in [0.15, 0.2) is 24.3 Å². The molecule has 0 saturated heterocycles. The zero-order valence-corrected chi connectivity index (χ0v) is 9.86. The maximum Gasteiger partial charge on any atom is 0.118 e. The summed E-state index contributed by atoms with van der Waals surface area (Å²) < 4.78 is 5.11. The maximum atomic E-state index is 9.73. The van der Waals surface area contributed by atoms with Crippen molar-refractivity contribution in [3.8, 4) is 5.75 Å². The molecule has 1 fully saturated rings. The second-order valence-electron chi connectivity index (χ2n) is 4.65. The van der Waals surface area contributed by atoms with Gasteiger partial charge in [-0.3, -0.25) is 0 Å². The van der Waals surface area contributed by atoms with E-state index in [0.717, 1.165) is 25.0 Å². The van der Waals surface area contributed by atoms with Crippen LogP contribution in [0, 0.1) is 5.92 Å². The summed E-state index contributed by atoms with van der Waals surface area (Å²) in [7, 11) is 1.68. The summed E-state index contributed by atoms with van der Waals surface area (Å²) in [6.07, 6.45) is 5.46. The van der Waals surface area contributed by atoms with E-state index in [1.54, 1.807) is 7.11 Å². The van der Waals surface area contributed by atoms with E-state index in [4.69, 9.17) is 4.74 Å². The lowest BCUT2D eigenvalue weighted by molar-refractivity contribution is 0.139. The lowest BCUT2D eigenvalue weighted by atomic mass is 10.0. The van der Waals surface area contributed by atoms with Crippen molar-refractivity contribution in [2.75, 3.05) is 7.11 Å². The minimum Gasteiger partial charge on any atom is -0.497 e. The molecule has 0 heterocycles. The molecule has 88 valence electrons. The summed E-state index contributed by atoms with van der Waals surface area (Å²) in [6.45, 7) is 0. The Bertz CT molecular complexity index is 314. The van der Waals surface area contributed by atoms with E-state index in [-0.39, 0.29) is 6.10 Å². The van der Waals surface area contributed by atoms with Crippen molar-refractivity contribution in [3.63, 3.8) is 0 Å². The van der Waals surface area contributed by atoms with Gasteiger partial charge >= 0.3 is 0 Å². The van der Waals surface area contributed by atoms with Crippen LogP contribution in [0.3, 0.4) is 0 Å². The van der Waals surface area contributed by atoms with Crippen molar-refractivity contribution in [1.29, 1.82) is 0 Å². The topological polar surface area (TPSA) is 29.5 Å². The molecule has 1 saturated carbocycles. The Morgan fingerprint density at radius 1 is 1.31 bits per heavy atom. The molecule has 0 bridgehead atoms. The number of benzene rings is 1. The van der Waals surface area contributed by atoms with Crippen LogP contribution in [0.25, 0.3) is 0 Å². The molecule has 1 aliphatic rings. The van der Waals surface area contributed by atoms with Crippen LogP contribution >= 0.6 is 0 Å². The highest BCUT2D eigenvalue weighted by molar-refractivity contribution is 5.27. The van der Waals surface area contributed by atoms with Crippen molar-refractivity contribution < 1.29 is 9.84 Å². The average Bonchev–Trinajstić information content (AvgIpc) is 3.14. The van der Waals surface area contributed by atoms with Crippen LogP contribution in [-0.2, 0) is 6.42 Å². The minimum atomic E-state index is -0.0572. The molecule has 1 aromatic rings. The second-order valence-corrected chi connectivity index (χ2v) is 4.65. The molecule has 16 heavy (non-hydrogen) atoms. The van der Waals surface area contributed by atoms with E-state index in [1.807, 2.05) is 12.1 Å². The van der Waals surface area contributed by atoms with Crippen LogP contribution < -0.4 is 4.74 Å². The second kappa shape index (κ2) is 5.35. The number of aryl methyl sites for hydroxylation is 1. The Balaban J connectivity index is 1.71. The van der Waals surface area contributed by atoms with E-state index in [9.17, 15) is 5.11 Å². The van der Waals surface area contributed by atoms with Gasteiger partial charge < -0.3 is 9.84 Å². The number of ether oxygens (including phenoxy) is 1. The van der Waals surface area contributed by atoms with Gasteiger partial charge in [0, 0.05) is 0 Å². The first-order valence-corrected chi connectivity index (χ1v) is 6.10. The van der Waals surface area contributed by atoms with Crippen LogP contribution in [0.5, 0.6) is 5.75 Å². The van der Waals surface area contributed by atoms with Gasteiger partial charge in [-0.25, -0.2) is 0 Å². The molecule has 1 aliphatic carbocycles. The summed E-state index contributed by atoms with van der Waals surface area (Å²) >= 11 is 0. The Morgan fingerprint density at radius 2 is 2.00 bits per heavy atom. The number of rotatable bonds is 6. The van der Waals surface area contributed by atoms with Crippen molar-refractivity contribution in [2.45, 2.75) is 38.2 Å². The predicted molar refractivity (Wildman–Crippen MR) is 64.7 cm³/mol. The lowest BCUT2D eigenvalue weighted by Gasteiger charge is -2.08. The monoisotopic (exact) mass is 220 g/mol. The Labute approximate surface area is 97.3 Å². The smallest absolute Gasteiger partial charge is 0.118 e. The van der Waals surface area contributed by atoms with E-state index in [0.29, 0.717) is 5.92 Å². The standard InChI is InChI=1S/C14H20O2/c1-16-13-9-5-11(6-10-13)3-2-4-14(15)12-7-8-12/h5-6,9-10,12,14-15H,2-4,7-8H2,1H3. The highest BCUT2D eigenvalue weighted by atomic mass is 16.5. The summed E-state index contributed by atoms with van der Waals surface area (Å²) in [5.74, 6) is 1.51. The zero-order valence-electron chi connectivity index (χ0n) is 9.86. The van der Waals surface area contributed by atoms with Gasteiger partial charge in [0.05, 0.1) is 13.2 Å². The molecular formula is C14H20O2. The van der Waals surface area contributed by atoms with E-state index in [2.05, 4.69) is 12.1 Å². The van der Waals surface area contributed by atoms with E-state index in [1.165, 1.54) is 18.4 Å². The van der Waals surface area contributed by atoms with Crippen LogP contribution in [0.1, 0.15) is 31.2 Å². The Morgan fingerprint density at radius 3 is 2.56 bits per heavy atom. The molecule has 0 aromatic heterocycles. The summed E-state index contributed by atoms with van der Waals surface area (Å²) in [5.41, 5.74) is 1.32. The third-order valence-electron chi connectivity index (χ3n) is 3.29. The van der Waals surface area contributed by atoms with Gasteiger partial charge in [0.2, 0.25) is 0 Å². The first-order valence-electron chi connectivity index (χ1n) is 6.10. The maximum absolute atomic E-state index is 9.73. The molecule has 0 amide bonds. The Kier molecular flexibility index (Phi) is 3.83. The largest absolute Gasteiger partial charge is 0.497 e. The highest BCUT2D eigenvalue weighted by Gasteiger charge is 2.28. The fourth-order valence-electron chi connectivity index (χ4n) is 2.02. The van der Waals surface area contributed by atoms with Crippen molar-refractivity contribution >= 4 is 0 Å². The van der Waals surface area contributed by atoms with Crippen molar-refractivity contribution in [1.82, 2.24) is 0 Å². The van der Waals surface area contributed by atoms with E-state index >= 15 is 0 Å². The quantitative estimate of drug-likeness (QED) is 0.798. The van der Waals surface area contributed by atoms with Gasteiger partial charge in [-0.1, -0.05) is 12.1 Å². The van der Waals surface area contributed by atoms with Gasteiger partial charge in [-0.2, -0.15) is 0 Å². The summed E-state index contributed by atoms with van der Waals surface area (Å²) in [6, 6.07) is 8.18. The fraction of sp³-hybridized carbons (Fsp3) is 0.571. The van der Waals surface area contributed by atoms with Crippen LogP contribution in [0.4, 0.5) is 0 Å². The van der Waals surface area contributed by atoms with Gasteiger partial charge in [-0.05, 0) is 55.7 Å². The zero-order chi connectivity index (χ0) is 11.4. The highest BCUT2D eigenvalue weighted by Crippen LogP contribution is 2.34. The number of methoxy groups -OCH3 is 1. The van der Waals surface area contributed by atoms with Crippen LogP contribution in [0.2, 0.25) is 0 Å². The van der Waals surface area contributed by atoms with Gasteiger partial charge in [0.25, 0.3) is 0 Å². The molecule has 0 radical (unpaired) electrons. The number of aliphatic hydroxyl groups is 1. The Hall–Kier alpha value is -1.02. The SMILES string of the molecule is COc1ccc(CCCC(O)C2CC2)cc1. The number of hydrogen-bond acceptors (Lipinski definition) is 2. The molecule has 1 atom stereocenters. The molecule has 0 spiro atoms. The van der Waals surface area contributed by atoms with Gasteiger partial charge in [0.15, 0.2) is 0 Å². The average molecular weight is 220 g/mol. The molecule has 1 N–H and O–H groups in total. The lowest BCUT2D eigenvalue weighted by Crippen LogP contribution is -2.08. The predicted octanol–water partition coefficient (Wildman–Crippen LogP) is 2.79. The van der Waals surface area contributed by atoms with Crippen molar-refractivity contribution in [2.24, 2.45) is 5.92 Å². The van der Waals surface area contributed by atoms with Crippen LogP contribution in [-0.4, -0.2) is 18.3 Å². The summed E-state index contributed by atoms with van der Waals surface area (Å²) in [5, 5.41) is 9.73. The van der Waals surface area contributed by atoms with E-state index < -0.39 is 0 Å². The van der Waals surface area contributed by atoms with Crippen molar-refractivity contribution in [3.05, 3.63) is 29.8 Å².